The number of nitrogens with zero attached hydrogens (tertiary/aromatic N) is 1. The van der Waals surface area contributed by atoms with Crippen LogP contribution in [-0.4, -0.2) is 60.5 Å². The van der Waals surface area contributed by atoms with Crippen LogP contribution in [0.1, 0.15) is 13.8 Å². The van der Waals surface area contributed by atoms with Gasteiger partial charge in [0.2, 0.25) is 5.54 Å². The molecule has 19 heavy (non-hydrogen) atoms. The van der Waals surface area contributed by atoms with Crippen LogP contribution in [0, 0.1) is 0 Å². The highest BCUT2D eigenvalue weighted by molar-refractivity contribution is 5.86. The summed E-state index contributed by atoms with van der Waals surface area (Å²) in [5, 5.41) is 10.2. The largest absolute Gasteiger partial charge is 0.479 e. The first-order valence-corrected chi connectivity index (χ1v) is 5.46. The first-order chi connectivity index (χ1) is 8.60. The molecule has 0 saturated heterocycles. The number of amides is 2. The van der Waals surface area contributed by atoms with Crippen LogP contribution >= 0.6 is 0 Å². The van der Waals surface area contributed by atoms with Crippen molar-refractivity contribution in [2.24, 2.45) is 0 Å². The summed E-state index contributed by atoms with van der Waals surface area (Å²) in [7, 11) is 1.38. The number of carboxylic acid groups (broad SMARTS) is 1. The Morgan fingerprint density at radius 1 is 1.37 bits per heavy atom. The average Bonchev–Trinajstić information content (AvgIpc) is 2.28. The number of carbonyl (C=O) groups excluding carboxylic acids is 1. The molecule has 0 rings (SSSR count). The summed E-state index contributed by atoms with van der Waals surface area (Å²) in [6, 6.07) is -1.11. The number of ether oxygens (including phenoxy) is 1. The highest BCUT2D eigenvalue weighted by Gasteiger charge is 2.58. The van der Waals surface area contributed by atoms with Gasteiger partial charge in [0.25, 0.3) is 0 Å². The molecule has 0 radical (unpaired) electrons. The number of hydrogen-bond acceptors (Lipinski definition) is 3. The number of aliphatic carboxylic acids is 1. The normalized spacial score (nSPS) is 14.6. The Kier molecular flexibility index (Phi) is 6.07. The van der Waals surface area contributed by atoms with E-state index in [2.05, 4.69) is 0 Å². The molecule has 0 bridgehead atoms. The Hall–Kier alpha value is -1.51. The maximum absolute atomic E-state index is 12.7. The zero-order valence-corrected chi connectivity index (χ0v) is 10.9. The summed E-state index contributed by atoms with van der Waals surface area (Å²) in [5.74, 6) is -2.17. The summed E-state index contributed by atoms with van der Waals surface area (Å²) in [6.45, 7) is 2.28. The maximum Gasteiger partial charge on any atom is 0.422 e. The monoisotopic (exact) mass is 286 g/mol. The number of alkyl halides is 3. The van der Waals surface area contributed by atoms with Crippen molar-refractivity contribution in [3.63, 3.8) is 0 Å². The zero-order chi connectivity index (χ0) is 15.3. The van der Waals surface area contributed by atoms with Gasteiger partial charge in [0.15, 0.2) is 0 Å². The molecule has 0 heterocycles. The SMILES string of the molecule is CCN(CCOC)C(=O)NC(C)(C(=O)O)C(F)(F)F. The molecule has 0 saturated carbocycles. The second-order valence-electron chi connectivity index (χ2n) is 3.93. The van der Waals surface area contributed by atoms with Crippen LogP contribution in [0.2, 0.25) is 0 Å². The topological polar surface area (TPSA) is 78.9 Å². The molecule has 0 aliphatic carbocycles. The Balaban J connectivity index is 4.96. The van der Waals surface area contributed by atoms with Gasteiger partial charge in [0, 0.05) is 20.2 Å². The fourth-order valence-corrected chi connectivity index (χ4v) is 1.14. The number of methoxy groups -OCH3 is 1. The molecule has 0 aliphatic heterocycles. The lowest BCUT2D eigenvalue weighted by atomic mass is 10.0. The Labute approximate surface area is 108 Å². The molecule has 6 nitrogen and oxygen atoms in total. The number of hydrogen-bond donors (Lipinski definition) is 2. The third-order valence-corrected chi connectivity index (χ3v) is 2.59. The minimum Gasteiger partial charge on any atom is -0.479 e. The van der Waals surface area contributed by atoms with Gasteiger partial charge in [0.1, 0.15) is 0 Å². The molecule has 0 aliphatic rings. The number of urea groups is 1. The van der Waals surface area contributed by atoms with E-state index in [1.165, 1.54) is 12.4 Å². The van der Waals surface area contributed by atoms with Crippen molar-refractivity contribution in [1.29, 1.82) is 0 Å². The van der Waals surface area contributed by atoms with Crippen LogP contribution in [-0.2, 0) is 9.53 Å². The van der Waals surface area contributed by atoms with Crippen molar-refractivity contribution in [2.75, 3.05) is 26.8 Å². The minimum absolute atomic E-state index is 0.0619. The predicted molar refractivity (Wildman–Crippen MR) is 59.8 cm³/mol. The van der Waals surface area contributed by atoms with Crippen molar-refractivity contribution >= 4 is 12.0 Å². The molecule has 112 valence electrons. The van der Waals surface area contributed by atoms with Gasteiger partial charge in [-0.25, -0.2) is 9.59 Å². The van der Waals surface area contributed by atoms with Crippen molar-refractivity contribution in [3.8, 4) is 0 Å². The number of rotatable bonds is 6. The lowest BCUT2D eigenvalue weighted by molar-refractivity contribution is -0.203. The van der Waals surface area contributed by atoms with E-state index in [1.54, 1.807) is 6.92 Å². The fraction of sp³-hybridized carbons (Fsp3) is 0.800. The summed E-state index contributed by atoms with van der Waals surface area (Å²) in [6.07, 6.45) is -5.10. The van der Waals surface area contributed by atoms with Crippen LogP contribution in [0.5, 0.6) is 0 Å². The molecule has 0 fully saturated rings. The van der Waals surface area contributed by atoms with Crippen molar-refractivity contribution < 1.29 is 32.6 Å². The van der Waals surface area contributed by atoms with E-state index < -0.39 is 23.7 Å². The van der Waals surface area contributed by atoms with Gasteiger partial charge < -0.3 is 20.1 Å². The Bertz CT molecular complexity index is 335. The Morgan fingerprint density at radius 3 is 2.21 bits per heavy atom. The number of halogens is 3. The average molecular weight is 286 g/mol. The second kappa shape index (κ2) is 6.60. The molecule has 1 atom stereocenters. The third-order valence-electron chi connectivity index (χ3n) is 2.59. The molecule has 1 unspecified atom stereocenters. The van der Waals surface area contributed by atoms with E-state index >= 15 is 0 Å². The second-order valence-corrected chi connectivity index (χ2v) is 3.93. The number of carbonyl (C=O) groups is 2. The summed E-state index contributed by atoms with van der Waals surface area (Å²) < 4.78 is 42.8. The lowest BCUT2D eigenvalue weighted by Gasteiger charge is -2.31. The van der Waals surface area contributed by atoms with Crippen LogP contribution in [0.4, 0.5) is 18.0 Å². The van der Waals surface area contributed by atoms with Crippen LogP contribution < -0.4 is 5.32 Å². The van der Waals surface area contributed by atoms with Crippen LogP contribution in [0.15, 0.2) is 0 Å². The molecule has 0 aromatic heterocycles. The van der Waals surface area contributed by atoms with Crippen LogP contribution in [0.25, 0.3) is 0 Å². The zero-order valence-electron chi connectivity index (χ0n) is 10.9. The summed E-state index contributed by atoms with van der Waals surface area (Å²) >= 11 is 0. The Morgan fingerprint density at radius 2 is 1.89 bits per heavy atom. The van der Waals surface area contributed by atoms with Gasteiger partial charge in [-0.2, -0.15) is 13.2 Å². The van der Waals surface area contributed by atoms with Gasteiger partial charge in [-0.15, -0.1) is 0 Å². The van der Waals surface area contributed by atoms with Crippen molar-refractivity contribution in [2.45, 2.75) is 25.6 Å². The summed E-state index contributed by atoms with van der Waals surface area (Å²) in [4.78, 5) is 23.4. The molecular weight excluding hydrogens is 269 g/mol. The molecular formula is C10H17F3N2O4. The fourth-order valence-electron chi connectivity index (χ4n) is 1.14. The third kappa shape index (κ3) is 4.27. The molecule has 0 aromatic rings. The van der Waals surface area contributed by atoms with E-state index in [-0.39, 0.29) is 19.7 Å². The van der Waals surface area contributed by atoms with Crippen molar-refractivity contribution in [3.05, 3.63) is 0 Å². The van der Waals surface area contributed by atoms with Gasteiger partial charge in [0.05, 0.1) is 6.61 Å². The first kappa shape index (κ1) is 17.5. The number of likely N-dealkylation sites (N-methyl/N-ethyl adjacent to an activating group) is 1. The maximum atomic E-state index is 12.7. The van der Waals surface area contributed by atoms with E-state index in [0.717, 1.165) is 4.90 Å². The van der Waals surface area contributed by atoms with Gasteiger partial charge in [-0.1, -0.05) is 0 Å². The van der Waals surface area contributed by atoms with Gasteiger partial charge in [-0.05, 0) is 13.8 Å². The smallest absolute Gasteiger partial charge is 0.422 e. The minimum atomic E-state index is -5.10. The molecule has 0 aromatic carbocycles. The van der Waals surface area contributed by atoms with Gasteiger partial charge in [-0.3, -0.25) is 0 Å². The molecule has 2 amide bonds. The highest BCUT2D eigenvalue weighted by atomic mass is 19.4. The lowest BCUT2D eigenvalue weighted by Crippen LogP contribution is -2.64. The van der Waals surface area contributed by atoms with E-state index in [9.17, 15) is 22.8 Å². The van der Waals surface area contributed by atoms with E-state index in [1.807, 2.05) is 0 Å². The van der Waals surface area contributed by atoms with Crippen LogP contribution in [0.3, 0.4) is 0 Å². The summed E-state index contributed by atoms with van der Waals surface area (Å²) in [5.41, 5.74) is -3.33. The van der Waals surface area contributed by atoms with E-state index in [0.29, 0.717) is 6.92 Å². The first-order valence-electron chi connectivity index (χ1n) is 5.46. The molecule has 2 N–H and O–H groups in total. The van der Waals surface area contributed by atoms with Gasteiger partial charge >= 0.3 is 18.2 Å². The molecule has 0 spiro atoms. The standard InChI is InChI=1S/C10H17F3N2O4/c1-4-15(5-6-19-3)8(18)14-9(2,7(16)17)10(11,12)13/h4-6H2,1-3H3,(H,14,18)(H,16,17). The number of carboxylic acids is 1. The quantitative estimate of drug-likeness (QED) is 0.765. The van der Waals surface area contributed by atoms with E-state index in [4.69, 9.17) is 9.84 Å². The highest BCUT2D eigenvalue weighted by Crippen LogP contribution is 2.30. The number of nitrogens with one attached hydrogen (secondary N) is 1. The molecule has 9 heteroatoms. The predicted octanol–water partition coefficient (Wildman–Crippen LogP) is 1.07. The van der Waals surface area contributed by atoms with Crippen molar-refractivity contribution in [1.82, 2.24) is 10.2 Å².